The van der Waals surface area contributed by atoms with Crippen molar-refractivity contribution in [2.24, 2.45) is 0 Å². The molecule has 1 heterocycles. The summed E-state index contributed by atoms with van der Waals surface area (Å²) in [5.41, 5.74) is 2.59. The van der Waals surface area contributed by atoms with Crippen molar-refractivity contribution in [2.45, 2.75) is 13.8 Å². The Labute approximate surface area is 81.1 Å². The number of aromatic amines is 1. The summed E-state index contributed by atoms with van der Waals surface area (Å²) in [6.45, 7) is 3.83. The van der Waals surface area contributed by atoms with Crippen LogP contribution in [0.25, 0.3) is 0 Å². The van der Waals surface area contributed by atoms with Crippen molar-refractivity contribution >= 4 is 5.91 Å². The van der Waals surface area contributed by atoms with Crippen molar-refractivity contribution in [2.75, 3.05) is 6.61 Å². The normalized spacial score (nSPS) is 9.86. The molecule has 0 bridgehead atoms. The number of carbonyl (C=O) groups excluding carboxylic acids is 1. The summed E-state index contributed by atoms with van der Waals surface area (Å²) in [5.74, 6) is -0.534. The number of hydroxylamine groups is 1. The van der Waals surface area contributed by atoms with Crippen LogP contribution in [-0.2, 0) is 4.84 Å². The highest BCUT2D eigenvalue weighted by molar-refractivity contribution is 5.92. The maximum atomic E-state index is 11.3. The molecule has 0 saturated heterocycles. The molecule has 0 radical (unpaired) electrons. The standard InChI is InChI=1S/C9H12N2O3/c1-3-14-11-9(13)7-5-10-6(2)4-8(7)12/h4-5H,3H2,1-2H3,(H,10,12)(H,11,13). The van der Waals surface area contributed by atoms with Gasteiger partial charge in [-0.15, -0.1) is 0 Å². The Morgan fingerprint density at radius 3 is 2.93 bits per heavy atom. The number of pyridine rings is 1. The molecule has 0 aliphatic carbocycles. The van der Waals surface area contributed by atoms with Crippen LogP contribution in [0, 0.1) is 6.92 Å². The third-order valence-electron chi connectivity index (χ3n) is 1.61. The monoisotopic (exact) mass is 196 g/mol. The lowest BCUT2D eigenvalue weighted by Gasteiger charge is -2.02. The Morgan fingerprint density at radius 1 is 1.64 bits per heavy atom. The van der Waals surface area contributed by atoms with Gasteiger partial charge < -0.3 is 4.98 Å². The van der Waals surface area contributed by atoms with Gasteiger partial charge in [0.25, 0.3) is 5.91 Å². The Morgan fingerprint density at radius 2 is 2.36 bits per heavy atom. The zero-order valence-corrected chi connectivity index (χ0v) is 8.09. The summed E-state index contributed by atoms with van der Waals surface area (Å²) in [6, 6.07) is 1.36. The van der Waals surface area contributed by atoms with E-state index in [1.54, 1.807) is 13.8 Å². The molecule has 0 fully saturated rings. The van der Waals surface area contributed by atoms with E-state index in [4.69, 9.17) is 0 Å². The van der Waals surface area contributed by atoms with Crippen molar-refractivity contribution in [3.63, 3.8) is 0 Å². The number of hydrogen-bond acceptors (Lipinski definition) is 3. The van der Waals surface area contributed by atoms with E-state index in [2.05, 4.69) is 15.3 Å². The van der Waals surface area contributed by atoms with Gasteiger partial charge in [-0.05, 0) is 13.8 Å². The molecule has 0 aromatic carbocycles. The fourth-order valence-corrected chi connectivity index (χ4v) is 0.943. The van der Waals surface area contributed by atoms with Gasteiger partial charge in [-0.2, -0.15) is 0 Å². The lowest BCUT2D eigenvalue weighted by Crippen LogP contribution is -2.28. The van der Waals surface area contributed by atoms with E-state index >= 15 is 0 Å². The molecule has 76 valence electrons. The maximum absolute atomic E-state index is 11.3. The molecular weight excluding hydrogens is 184 g/mol. The van der Waals surface area contributed by atoms with Gasteiger partial charge in [0.2, 0.25) is 0 Å². The predicted octanol–water partition coefficient (Wildman–Crippen LogP) is 0.365. The third kappa shape index (κ3) is 2.43. The second-order valence-corrected chi connectivity index (χ2v) is 2.76. The van der Waals surface area contributed by atoms with Crippen LogP contribution >= 0.6 is 0 Å². The first-order chi connectivity index (χ1) is 6.65. The van der Waals surface area contributed by atoms with E-state index in [0.717, 1.165) is 0 Å². The van der Waals surface area contributed by atoms with E-state index in [1.165, 1.54) is 12.3 Å². The lowest BCUT2D eigenvalue weighted by molar-refractivity contribution is 0.0363. The molecule has 0 spiro atoms. The van der Waals surface area contributed by atoms with Gasteiger partial charge in [0.05, 0.1) is 6.61 Å². The van der Waals surface area contributed by atoms with Gasteiger partial charge in [-0.25, -0.2) is 5.48 Å². The molecular formula is C9H12N2O3. The Kier molecular flexibility index (Phi) is 3.41. The highest BCUT2D eigenvalue weighted by Gasteiger charge is 2.09. The fraction of sp³-hybridized carbons (Fsp3) is 0.333. The molecule has 0 saturated carbocycles. The summed E-state index contributed by atoms with van der Waals surface area (Å²) >= 11 is 0. The van der Waals surface area contributed by atoms with Crippen molar-refractivity contribution in [3.8, 4) is 0 Å². The average Bonchev–Trinajstić information content (AvgIpc) is 2.14. The fourth-order valence-electron chi connectivity index (χ4n) is 0.943. The Bertz CT molecular complexity index is 384. The molecule has 5 heteroatoms. The number of hydrogen-bond donors (Lipinski definition) is 2. The van der Waals surface area contributed by atoms with Crippen LogP contribution in [0.15, 0.2) is 17.1 Å². The summed E-state index contributed by atoms with van der Waals surface area (Å²) in [4.78, 5) is 30.1. The number of aryl methyl sites for hydroxylation is 1. The first-order valence-corrected chi connectivity index (χ1v) is 4.26. The summed E-state index contributed by atoms with van der Waals surface area (Å²) in [7, 11) is 0. The highest BCUT2D eigenvalue weighted by Crippen LogP contribution is 1.91. The zero-order chi connectivity index (χ0) is 10.6. The van der Waals surface area contributed by atoms with E-state index in [1.807, 2.05) is 0 Å². The maximum Gasteiger partial charge on any atom is 0.280 e. The third-order valence-corrected chi connectivity index (χ3v) is 1.61. The number of nitrogens with one attached hydrogen (secondary N) is 2. The van der Waals surface area contributed by atoms with Crippen molar-refractivity contribution in [1.29, 1.82) is 0 Å². The summed E-state index contributed by atoms with van der Waals surface area (Å²) < 4.78 is 0. The highest BCUT2D eigenvalue weighted by atomic mass is 16.6. The van der Waals surface area contributed by atoms with Gasteiger partial charge in [-0.1, -0.05) is 0 Å². The molecule has 2 N–H and O–H groups in total. The van der Waals surface area contributed by atoms with Gasteiger partial charge >= 0.3 is 0 Å². The number of rotatable bonds is 3. The topological polar surface area (TPSA) is 71.2 Å². The number of carbonyl (C=O) groups is 1. The van der Waals surface area contributed by atoms with Crippen LogP contribution in [-0.4, -0.2) is 17.5 Å². The van der Waals surface area contributed by atoms with E-state index in [9.17, 15) is 9.59 Å². The van der Waals surface area contributed by atoms with Crippen LogP contribution in [0.1, 0.15) is 23.0 Å². The quantitative estimate of drug-likeness (QED) is 0.686. The van der Waals surface area contributed by atoms with Gasteiger partial charge in [-0.3, -0.25) is 14.4 Å². The smallest absolute Gasteiger partial charge is 0.280 e. The largest absolute Gasteiger partial charge is 0.364 e. The molecule has 0 unspecified atom stereocenters. The predicted molar refractivity (Wildman–Crippen MR) is 50.9 cm³/mol. The minimum absolute atomic E-state index is 0.0454. The van der Waals surface area contributed by atoms with E-state index in [0.29, 0.717) is 12.3 Å². The first kappa shape index (κ1) is 10.5. The zero-order valence-electron chi connectivity index (χ0n) is 8.09. The summed E-state index contributed by atoms with van der Waals surface area (Å²) in [5, 5.41) is 0. The van der Waals surface area contributed by atoms with Crippen LogP contribution in [0.2, 0.25) is 0 Å². The molecule has 1 amide bonds. The molecule has 1 aromatic heterocycles. The number of H-pyrrole nitrogens is 1. The minimum atomic E-state index is -0.534. The van der Waals surface area contributed by atoms with E-state index < -0.39 is 5.91 Å². The minimum Gasteiger partial charge on any atom is -0.364 e. The first-order valence-electron chi connectivity index (χ1n) is 4.26. The van der Waals surface area contributed by atoms with Gasteiger partial charge in [0.1, 0.15) is 5.56 Å². The molecule has 5 nitrogen and oxygen atoms in total. The Balaban J connectivity index is 2.85. The van der Waals surface area contributed by atoms with Crippen molar-refractivity contribution in [1.82, 2.24) is 10.5 Å². The lowest BCUT2D eigenvalue weighted by atomic mass is 10.2. The van der Waals surface area contributed by atoms with Crippen LogP contribution in [0.4, 0.5) is 0 Å². The second-order valence-electron chi connectivity index (χ2n) is 2.76. The molecule has 0 aliphatic rings. The molecule has 0 atom stereocenters. The molecule has 1 rings (SSSR count). The van der Waals surface area contributed by atoms with Crippen molar-refractivity contribution < 1.29 is 9.63 Å². The van der Waals surface area contributed by atoms with Gasteiger partial charge in [0.15, 0.2) is 5.43 Å². The van der Waals surface area contributed by atoms with Crippen LogP contribution < -0.4 is 10.9 Å². The van der Waals surface area contributed by atoms with Crippen molar-refractivity contribution in [3.05, 3.63) is 33.7 Å². The summed E-state index contributed by atoms with van der Waals surface area (Å²) in [6.07, 6.45) is 1.37. The van der Waals surface area contributed by atoms with Gasteiger partial charge in [0, 0.05) is 18.0 Å². The van der Waals surface area contributed by atoms with Crippen LogP contribution in [0.5, 0.6) is 0 Å². The SMILES string of the molecule is CCONC(=O)c1c[nH]c(C)cc1=O. The Hall–Kier alpha value is -1.62. The van der Waals surface area contributed by atoms with Crippen LogP contribution in [0.3, 0.4) is 0 Å². The molecule has 14 heavy (non-hydrogen) atoms. The average molecular weight is 196 g/mol. The second kappa shape index (κ2) is 4.57. The number of amides is 1. The number of aromatic nitrogens is 1. The molecule has 0 aliphatic heterocycles. The van der Waals surface area contributed by atoms with E-state index in [-0.39, 0.29) is 11.0 Å². The molecule has 1 aromatic rings.